The predicted molar refractivity (Wildman–Crippen MR) is 41.7 cm³/mol. The monoisotopic (exact) mass is 151 g/mol. The number of hydrogen-bond donors (Lipinski definition) is 2. The van der Waals surface area contributed by atoms with Crippen LogP contribution >= 0.6 is 0 Å². The molecule has 0 saturated carbocycles. The minimum absolute atomic E-state index is 0.00407. The summed E-state index contributed by atoms with van der Waals surface area (Å²) in [4.78, 5) is 10.4. The zero-order chi connectivity index (χ0) is 9.14. The highest BCUT2D eigenvalue weighted by Crippen LogP contribution is 1.92. The Labute approximate surface area is 65.8 Å². The maximum atomic E-state index is 10.4. The first-order chi connectivity index (χ1) is 5.66. The molecule has 1 rings (SSSR count). The van der Waals surface area contributed by atoms with Crippen LogP contribution in [0.5, 0.6) is 0 Å². The Morgan fingerprint density at radius 1 is 1.55 bits per heavy atom. The van der Waals surface area contributed by atoms with Gasteiger partial charge in [-0.05, 0) is 5.46 Å². The summed E-state index contributed by atoms with van der Waals surface area (Å²) in [6, 6.07) is 4.29. The van der Waals surface area contributed by atoms with Crippen molar-refractivity contribution < 1.29 is 16.2 Å². The topological polar surface area (TPSA) is 57.5 Å². The highest BCUT2D eigenvalue weighted by molar-refractivity contribution is 6.60. The van der Waals surface area contributed by atoms with Crippen LogP contribution in [-0.4, -0.2) is 23.5 Å². The van der Waals surface area contributed by atoms with E-state index in [2.05, 4.69) is 0 Å². The average molecular weight is 151 g/mol. The average Bonchev–Trinajstić information content (AvgIpc) is 2.03. The van der Waals surface area contributed by atoms with Crippen LogP contribution in [0.2, 0.25) is 0 Å². The molecule has 3 nitrogen and oxygen atoms in total. The fourth-order valence-corrected chi connectivity index (χ4v) is 0.790. The third kappa shape index (κ3) is 1.66. The van der Waals surface area contributed by atoms with Gasteiger partial charge in [0.05, 0.1) is 1.37 Å². The van der Waals surface area contributed by atoms with Crippen LogP contribution in [0, 0.1) is 0 Å². The van der Waals surface area contributed by atoms with Crippen molar-refractivity contribution in [3.63, 3.8) is 0 Å². The smallest absolute Gasteiger partial charge is 0.423 e. The maximum Gasteiger partial charge on any atom is 0.489 e. The summed E-state index contributed by atoms with van der Waals surface area (Å²) in [7, 11) is -1.70. The summed E-state index contributed by atoms with van der Waals surface area (Å²) in [5.41, 5.74) is 0.0880. The van der Waals surface area contributed by atoms with E-state index in [1.165, 1.54) is 18.2 Å². The molecule has 2 N–H and O–H groups in total. The van der Waals surface area contributed by atoms with Gasteiger partial charge in [-0.2, -0.15) is 0 Å². The van der Waals surface area contributed by atoms with Crippen LogP contribution in [0.4, 0.5) is 0 Å². The number of carbonyl (C=O) groups is 1. The van der Waals surface area contributed by atoms with Crippen molar-refractivity contribution in [1.82, 2.24) is 0 Å². The van der Waals surface area contributed by atoms with Crippen molar-refractivity contribution in [2.45, 2.75) is 0 Å². The van der Waals surface area contributed by atoms with Gasteiger partial charge in [-0.3, -0.25) is 4.79 Å². The maximum absolute atomic E-state index is 10.4. The Morgan fingerprint density at radius 3 is 2.73 bits per heavy atom. The van der Waals surface area contributed by atoms with Gasteiger partial charge in [0.15, 0.2) is 0 Å². The molecule has 1 aromatic rings. The fraction of sp³-hybridized carbons (Fsp3) is 0. The fourth-order valence-electron chi connectivity index (χ4n) is 0.790. The number of benzene rings is 1. The molecule has 56 valence electrons. The van der Waals surface area contributed by atoms with Gasteiger partial charge in [-0.25, -0.2) is 0 Å². The summed E-state index contributed by atoms with van der Waals surface area (Å²) in [5, 5.41) is 17.5. The van der Waals surface area contributed by atoms with Crippen molar-refractivity contribution >= 4 is 18.9 Å². The summed E-state index contributed by atoms with van der Waals surface area (Å²) in [6.07, 6.45) is 0.442. The summed E-state index contributed by atoms with van der Waals surface area (Å²) >= 11 is 0. The highest BCUT2D eigenvalue weighted by Gasteiger charge is 2.13. The highest BCUT2D eigenvalue weighted by atomic mass is 16.4. The van der Waals surface area contributed by atoms with Crippen LogP contribution in [0.3, 0.4) is 0 Å². The molecule has 0 fully saturated rings. The van der Waals surface area contributed by atoms with E-state index in [0.29, 0.717) is 6.29 Å². The van der Waals surface area contributed by atoms with Crippen LogP contribution in [0.1, 0.15) is 11.7 Å². The molecule has 0 aliphatic heterocycles. The minimum atomic E-state index is -1.70. The molecule has 0 saturated heterocycles. The van der Waals surface area contributed by atoms with E-state index >= 15 is 0 Å². The standard InChI is InChI=1S/C7H7BO3/c9-5-6-3-1-2-4-7(6)8(10)11/h1-5,10-11H/i3D. The third-order valence-corrected chi connectivity index (χ3v) is 1.32. The molecular weight excluding hydrogens is 143 g/mol. The second kappa shape index (κ2) is 3.32. The molecule has 0 bridgehead atoms. The van der Waals surface area contributed by atoms with Crippen molar-refractivity contribution in [2.24, 2.45) is 0 Å². The molecule has 0 unspecified atom stereocenters. The van der Waals surface area contributed by atoms with Gasteiger partial charge in [0.25, 0.3) is 0 Å². The van der Waals surface area contributed by atoms with Crippen LogP contribution in [0.15, 0.2) is 24.2 Å². The molecule has 11 heavy (non-hydrogen) atoms. The molecular formula is C7H7BO3. The molecule has 0 amide bonds. The zero-order valence-electron chi connectivity index (χ0n) is 6.69. The lowest BCUT2D eigenvalue weighted by molar-refractivity contribution is 0.112. The van der Waals surface area contributed by atoms with Gasteiger partial charge >= 0.3 is 7.12 Å². The molecule has 1 aromatic carbocycles. The third-order valence-electron chi connectivity index (χ3n) is 1.32. The summed E-state index contributed by atoms with van der Waals surface area (Å²) < 4.78 is 7.25. The quantitative estimate of drug-likeness (QED) is 0.428. The predicted octanol–water partition coefficient (Wildman–Crippen LogP) is -0.821. The molecule has 4 heteroatoms. The second-order valence-corrected chi connectivity index (χ2v) is 2.03. The van der Waals surface area contributed by atoms with Gasteiger partial charge in [0, 0.05) is 5.56 Å². The van der Waals surface area contributed by atoms with E-state index in [1.54, 1.807) is 0 Å². The molecule has 0 heterocycles. The van der Waals surface area contributed by atoms with Gasteiger partial charge in [-0.15, -0.1) is 0 Å². The second-order valence-electron chi connectivity index (χ2n) is 2.03. The summed E-state index contributed by atoms with van der Waals surface area (Å²) in [6.45, 7) is 0. The van der Waals surface area contributed by atoms with Crippen molar-refractivity contribution in [2.75, 3.05) is 0 Å². The Balaban J connectivity index is 3.27. The first-order valence-corrected chi connectivity index (χ1v) is 3.07. The zero-order valence-corrected chi connectivity index (χ0v) is 5.69. The Kier molecular flexibility index (Phi) is 1.99. The number of aldehydes is 1. The van der Waals surface area contributed by atoms with E-state index in [4.69, 9.17) is 11.4 Å². The Bertz CT molecular complexity index is 301. The van der Waals surface area contributed by atoms with Gasteiger partial charge in [0.2, 0.25) is 0 Å². The van der Waals surface area contributed by atoms with Crippen LogP contribution in [-0.2, 0) is 0 Å². The first kappa shape index (κ1) is 6.58. The largest absolute Gasteiger partial charge is 0.489 e. The first-order valence-electron chi connectivity index (χ1n) is 3.57. The molecule has 0 radical (unpaired) electrons. The summed E-state index contributed by atoms with van der Waals surface area (Å²) in [5.74, 6) is 0. The van der Waals surface area contributed by atoms with E-state index in [1.807, 2.05) is 0 Å². The van der Waals surface area contributed by atoms with E-state index in [-0.39, 0.29) is 17.1 Å². The molecule has 0 spiro atoms. The minimum Gasteiger partial charge on any atom is -0.423 e. The molecule has 0 aromatic heterocycles. The molecule has 0 atom stereocenters. The van der Waals surface area contributed by atoms with E-state index in [9.17, 15) is 4.79 Å². The normalized spacial score (nSPS) is 10.5. The Morgan fingerprint density at radius 2 is 2.27 bits per heavy atom. The van der Waals surface area contributed by atoms with Crippen LogP contribution < -0.4 is 5.46 Å². The van der Waals surface area contributed by atoms with Crippen molar-refractivity contribution in [3.8, 4) is 0 Å². The SMILES string of the molecule is [2H]c1cccc(B(O)O)c1C=O. The number of hydrogen-bond acceptors (Lipinski definition) is 3. The molecule has 0 aliphatic rings. The van der Waals surface area contributed by atoms with Crippen molar-refractivity contribution in [1.29, 1.82) is 0 Å². The van der Waals surface area contributed by atoms with Crippen molar-refractivity contribution in [3.05, 3.63) is 29.8 Å². The van der Waals surface area contributed by atoms with E-state index < -0.39 is 7.12 Å². The number of carbonyl (C=O) groups excluding carboxylic acids is 1. The molecule has 0 aliphatic carbocycles. The van der Waals surface area contributed by atoms with Gasteiger partial charge in [0.1, 0.15) is 6.29 Å². The van der Waals surface area contributed by atoms with Gasteiger partial charge in [-0.1, -0.05) is 24.2 Å². The van der Waals surface area contributed by atoms with Crippen LogP contribution in [0.25, 0.3) is 0 Å². The van der Waals surface area contributed by atoms with Gasteiger partial charge < -0.3 is 10.0 Å². The lowest BCUT2D eigenvalue weighted by Crippen LogP contribution is -2.32. The number of rotatable bonds is 2. The lowest BCUT2D eigenvalue weighted by atomic mass is 9.77. The Hall–Kier alpha value is -1.13. The van der Waals surface area contributed by atoms with E-state index in [0.717, 1.165) is 0 Å². The lowest BCUT2D eigenvalue weighted by Gasteiger charge is -2.00.